The number of allylic oxidation sites excluding steroid dienone is 1. The van der Waals surface area contributed by atoms with Crippen LogP contribution in [0.1, 0.15) is 93.3 Å². The van der Waals surface area contributed by atoms with E-state index in [4.69, 9.17) is 5.73 Å². The molecule has 0 saturated carbocycles. The number of benzene rings is 5. The van der Waals surface area contributed by atoms with E-state index < -0.39 is 0 Å². The Kier molecular flexibility index (Phi) is 10.7. The molecule has 0 spiro atoms. The molecule has 0 aliphatic heterocycles. The standard InChI is InChI=1S/C48H53N2/c1-7-10-15-34-19-23-40-37(32-34)21-24-44-43(40)26-25-42(45(44)27-29-49)39(9-3)46-33-38(48(4,5)6)22-20-36(46)28-31-50-30-14-13-18-47(50)41-17-12-11-16-35(41)8-2/h9,11-14,16-27,29-30,32-33H,7-8,10,15,28,31,49H2,1-6H3/q+1. The van der Waals surface area contributed by atoms with Gasteiger partial charge in [0.1, 0.15) is 0 Å². The van der Waals surface area contributed by atoms with Gasteiger partial charge in [0.05, 0.1) is 0 Å². The van der Waals surface area contributed by atoms with Gasteiger partial charge in [-0.3, -0.25) is 0 Å². The number of fused-ring (bicyclic) bond motifs is 3. The fraction of sp³-hybridized carbons (Fsp3) is 0.271. The van der Waals surface area contributed by atoms with Crippen LogP contribution in [0.3, 0.4) is 0 Å². The van der Waals surface area contributed by atoms with Crippen LogP contribution < -0.4 is 10.3 Å². The fourth-order valence-electron chi connectivity index (χ4n) is 7.47. The molecule has 6 rings (SSSR count). The molecule has 0 fully saturated rings. The summed E-state index contributed by atoms with van der Waals surface area (Å²) in [5.74, 6) is 0. The number of pyridine rings is 1. The summed E-state index contributed by atoms with van der Waals surface area (Å²) in [7, 11) is 0. The zero-order valence-corrected chi connectivity index (χ0v) is 30.9. The van der Waals surface area contributed by atoms with Crippen LogP contribution in [-0.2, 0) is 31.2 Å². The summed E-state index contributed by atoms with van der Waals surface area (Å²) >= 11 is 0. The third kappa shape index (κ3) is 7.17. The third-order valence-electron chi connectivity index (χ3n) is 10.3. The van der Waals surface area contributed by atoms with Gasteiger partial charge in [-0.2, -0.15) is 4.57 Å². The highest BCUT2D eigenvalue weighted by molar-refractivity contribution is 6.11. The second kappa shape index (κ2) is 15.3. The first-order valence-corrected chi connectivity index (χ1v) is 18.5. The Labute approximate surface area is 300 Å². The first-order valence-electron chi connectivity index (χ1n) is 18.5. The zero-order chi connectivity index (χ0) is 35.3. The summed E-state index contributed by atoms with van der Waals surface area (Å²) in [6, 6.07) is 38.7. The molecule has 0 unspecified atom stereocenters. The Morgan fingerprint density at radius 1 is 0.740 bits per heavy atom. The number of unbranched alkanes of at least 4 members (excludes halogenated alkanes) is 1. The van der Waals surface area contributed by atoms with E-state index in [-0.39, 0.29) is 5.41 Å². The molecular weight excluding hydrogens is 605 g/mol. The minimum absolute atomic E-state index is 0.0234. The molecule has 0 aliphatic rings. The summed E-state index contributed by atoms with van der Waals surface area (Å²) in [5.41, 5.74) is 19.2. The third-order valence-corrected chi connectivity index (χ3v) is 10.3. The van der Waals surface area contributed by atoms with Gasteiger partial charge in [0, 0.05) is 24.1 Å². The topological polar surface area (TPSA) is 29.9 Å². The van der Waals surface area contributed by atoms with Gasteiger partial charge in [0.2, 0.25) is 5.69 Å². The van der Waals surface area contributed by atoms with E-state index in [1.54, 1.807) is 6.20 Å². The van der Waals surface area contributed by atoms with Crippen LogP contribution in [-0.4, -0.2) is 0 Å². The molecule has 0 saturated heterocycles. The van der Waals surface area contributed by atoms with Crippen LogP contribution in [0.4, 0.5) is 0 Å². The molecule has 0 atom stereocenters. The van der Waals surface area contributed by atoms with Crippen molar-refractivity contribution in [1.29, 1.82) is 0 Å². The average molecular weight is 658 g/mol. The monoisotopic (exact) mass is 657 g/mol. The SMILES string of the molecule is CC=C(c1cc(C(C)(C)C)ccc1CC[n+]1ccccc1-c1ccccc1CC)c1ccc2c(ccc3cc(CCCC)ccc32)c1C=CN. The number of hydrogen-bond acceptors (Lipinski definition) is 1. The molecule has 1 heterocycles. The first-order chi connectivity index (χ1) is 24.3. The number of aryl methyl sites for hydroxylation is 4. The maximum Gasteiger partial charge on any atom is 0.212 e. The van der Waals surface area contributed by atoms with Gasteiger partial charge < -0.3 is 5.73 Å². The second-order valence-corrected chi connectivity index (χ2v) is 14.6. The lowest BCUT2D eigenvalue weighted by Crippen LogP contribution is -2.37. The molecule has 0 aliphatic carbocycles. The lowest BCUT2D eigenvalue weighted by molar-refractivity contribution is -0.685. The van der Waals surface area contributed by atoms with Gasteiger partial charge in [-0.05, 0) is 122 Å². The predicted molar refractivity (Wildman–Crippen MR) is 216 cm³/mol. The van der Waals surface area contributed by atoms with Crippen LogP contribution in [0.25, 0.3) is 44.5 Å². The highest BCUT2D eigenvalue weighted by Gasteiger charge is 2.22. The summed E-state index contributed by atoms with van der Waals surface area (Å²) in [6.07, 6.45) is 13.8. The van der Waals surface area contributed by atoms with Crippen molar-refractivity contribution in [3.63, 3.8) is 0 Å². The van der Waals surface area contributed by atoms with Crippen molar-refractivity contribution in [2.24, 2.45) is 5.73 Å². The Hall–Kier alpha value is -4.95. The molecular formula is C48H53N2+. The first kappa shape index (κ1) is 34.9. The second-order valence-electron chi connectivity index (χ2n) is 14.6. The Balaban J connectivity index is 1.45. The molecule has 0 amide bonds. The zero-order valence-electron chi connectivity index (χ0n) is 30.9. The summed E-state index contributed by atoms with van der Waals surface area (Å²) in [6.45, 7) is 14.5. The number of hydrogen-bond donors (Lipinski definition) is 1. The Morgan fingerprint density at radius 2 is 1.52 bits per heavy atom. The van der Waals surface area contributed by atoms with Gasteiger partial charge in [0.25, 0.3) is 0 Å². The van der Waals surface area contributed by atoms with E-state index in [1.807, 2.05) is 0 Å². The molecule has 2 nitrogen and oxygen atoms in total. The number of nitrogens with zero attached hydrogens (tertiary/aromatic N) is 1. The Morgan fingerprint density at radius 3 is 2.28 bits per heavy atom. The van der Waals surface area contributed by atoms with E-state index in [0.717, 1.165) is 31.4 Å². The number of aromatic nitrogens is 1. The molecule has 254 valence electrons. The van der Waals surface area contributed by atoms with Crippen molar-refractivity contribution in [2.45, 2.75) is 85.6 Å². The van der Waals surface area contributed by atoms with E-state index in [9.17, 15) is 0 Å². The lowest BCUT2D eigenvalue weighted by atomic mass is 9.81. The summed E-state index contributed by atoms with van der Waals surface area (Å²) in [4.78, 5) is 0. The quantitative estimate of drug-likeness (QED) is 0.109. The van der Waals surface area contributed by atoms with Gasteiger partial charge in [0.15, 0.2) is 12.7 Å². The lowest BCUT2D eigenvalue weighted by Gasteiger charge is -2.23. The van der Waals surface area contributed by atoms with Gasteiger partial charge in [-0.1, -0.05) is 126 Å². The predicted octanol–water partition coefficient (Wildman–Crippen LogP) is 11.8. The van der Waals surface area contributed by atoms with Crippen molar-refractivity contribution in [3.05, 3.63) is 161 Å². The molecule has 2 N–H and O–H groups in total. The van der Waals surface area contributed by atoms with Gasteiger partial charge >= 0.3 is 0 Å². The minimum Gasteiger partial charge on any atom is -0.405 e. The van der Waals surface area contributed by atoms with Crippen molar-refractivity contribution in [1.82, 2.24) is 0 Å². The maximum absolute atomic E-state index is 6.18. The highest BCUT2D eigenvalue weighted by atomic mass is 15.0. The normalized spacial score (nSPS) is 12.4. The summed E-state index contributed by atoms with van der Waals surface area (Å²) < 4.78 is 2.42. The van der Waals surface area contributed by atoms with Gasteiger partial charge in [-0.25, -0.2) is 0 Å². The van der Waals surface area contributed by atoms with Crippen LogP contribution in [0.15, 0.2) is 122 Å². The van der Waals surface area contributed by atoms with Crippen molar-refractivity contribution in [2.75, 3.05) is 0 Å². The van der Waals surface area contributed by atoms with Crippen molar-refractivity contribution >= 4 is 33.2 Å². The van der Waals surface area contributed by atoms with E-state index >= 15 is 0 Å². The van der Waals surface area contributed by atoms with Crippen LogP contribution >= 0.6 is 0 Å². The molecule has 5 aromatic carbocycles. The van der Waals surface area contributed by atoms with Crippen LogP contribution in [0, 0.1) is 0 Å². The number of nitrogens with two attached hydrogens (primary N) is 1. The smallest absolute Gasteiger partial charge is 0.212 e. The molecule has 6 aromatic rings. The Bertz CT molecular complexity index is 2190. The van der Waals surface area contributed by atoms with Crippen molar-refractivity contribution < 1.29 is 4.57 Å². The van der Waals surface area contributed by atoms with E-state index in [1.165, 1.54) is 84.6 Å². The van der Waals surface area contributed by atoms with Crippen LogP contribution in [0.2, 0.25) is 0 Å². The fourth-order valence-corrected chi connectivity index (χ4v) is 7.47. The molecule has 0 bridgehead atoms. The molecule has 50 heavy (non-hydrogen) atoms. The highest BCUT2D eigenvalue weighted by Crippen LogP contribution is 2.38. The molecule has 0 radical (unpaired) electrons. The average Bonchev–Trinajstić information content (AvgIpc) is 3.13. The van der Waals surface area contributed by atoms with Crippen molar-refractivity contribution in [3.8, 4) is 11.3 Å². The molecule has 2 heteroatoms. The minimum atomic E-state index is 0.0234. The number of rotatable bonds is 11. The van der Waals surface area contributed by atoms with Gasteiger partial charge in [-0.15, -0.1) is 0 Å². The largest absolute Gasteiger partial charge is 0.405 e. The van der Waals surface area contributed by atoms with E-state index in [0.29, 0.717) is 0 Å². The van der Waals surface area contributed by atoms with Crippen LogP contribution in [0.5, 0.6) is 0 Å². The molecule has 1 aromatic heterocycles. The maximum atomic E-state index is 6.18. The summed E-state index contributed by atoms with van der Waals surface area (Å²) in [5, 5.41) is 5.08. The van der Waals surface area contributed by atoms with E-state index in [2.05, 4.69) is 168 Å².